The SMILES string of the molecule is CC1CNC(CC#N)CN(Cc2cccnc2)C1. The summed E-state index contributed by atoms with van der Waals surface area (Å²) in [6, 6.07) is 6.63. The molecule has 2 heterocycles. The number of nitrogens with one attached hydrogen (secondary N) is 1. The number of nitrogens with zero attached hydrogens (tertiary/aromatic N) is 3. The average molecular weight is 244 g/mol. The molecule has 1 aromatic heterocycles. The summed E-state index contributed by atoms with van der Waals surface area (Å²) in [7, 11) is 0. The third-order valence-electron chi connectivity index (χ3n) is 3.27. The minimum absolute atomic E-state index is 0.289. The molecule has 1 N–H and O–H groups in total. The van der Waals surface area contributed by atoms with Gasteiger partial charge < -0.3 is 5.32 Å². The normalized spacial score (nSPS) is 25.3. The van der Waals surface area contributed by atoms with Crippen molar-refractivity contribution in [2.45, 2.75) is 25.9 Å². The summed E-state index contributed by atoms with van der Waals surface area (Å²) in [6.45, 7) is 6.17. The highest BCUT2D eigenvalue weighted by atomic mass is 15.2. The predicted molar refractivity (Wildman–Crippen MR) is 70.7 cm³/mol. The first kappa shape index (κ1) is 13.0. The summed E-state index contributed by atoms with van der Waals surface area (Å²) >= 11 is 0. The topological polar surface area (TPSA) is 52.0 Å². The van der Waals surface area contributed by atoms with Gasteiger partial charge in [0.05, 0.1) is 12.5 Å². The molecule has 2 unspecified atom stereocenters. The Hall–Kier alpha value is -1.44. The lowest BCUT2D eigenvalue weighted by Gasteiger charge is -2.23. The number of rotatable bonds is 3. The van der Waals surface area contributed by atoms with E-state index in [1.54, 1.807) is 6.20 Å². The van der Waals surface area contributed by atoms with Crippen LogP contribution in [0.3, 0.4) is 0 Å². The first-order valence-corrected chi connectivity index (χ1v) is 6.49. The zero-order chi connectivity index (χ0) is 12.8. The maximum Gasteiger partial charge on any atom is 0.0638 e. The second kappa shape index (κ2) is 6.48. The molecule has 2 atom stereocenters. The van der Waals surface area contributed by atoms with Crippen molar-refractivity contribution in [3.63, 3.8) is 0 Å². The van der Waals surface area contributed by atoms with Gasteiger partial charge in [0, 0.05) is 38.1 Å². The summed E-state index contributed by atoms with van der Waals surface area (Å²) in [5.74, 6) is 0.616. The predicted octanol–water partition coefficient (Wildman–Crippen LogP) is 1.41. The van der Waals surface area contributed by atoms with E-state index < -0.39 is 0 Å². The first-order chi connectivity index (χ1) is 8.78. The second-order valence-corrected chi connectivity index (χ2v) is 5.13. The molecule has 1 aliphatic rings. The smallest absolute Gasteiger partial charge is 0.0638 e. The third kappa shape index (κ3) is 3.80. The van der Waals surface area contributed by atoms with E-state index in [1.807, 2.05) is 12.3 Å². The zero-order valence-electron chi connectivity index (χ0n) is 10.8. The van der Waals surface area contributed by atoms with E-state index in [0.717, 1.165) is 26.2 Å². The van der Waals surface area contributed by atoms with Crippen molar-refractivity contribution in [3.8, 4) is 6.07 Å². The molecule has 4 nitrogen and oxygen atoms in total. The molecule has 0 saturated carbocycles. The van der Waals surface area contributed by atoms with Gasteiger partial charge >= 0.3 is 0 Å². The Morgan fingerprint density at radius 2 is 2.44 bits per heavy atom. The summed E-state index contributed by atoms with van der Waals surface area (Å²) in [4.78, 5) is 6.57. The van der Waals surface area contributed by atoms with Gasteiger partial charge in [-0.1, -0.05) is 13.0 Å². The van der Waals surface area contributed by atoms with Crippen LogP contribution in [0.2, 0.25) is 0 Å². The van der Waals surface area contributed by atoms with Crippen molar-refractivity contribution < 1.29 is 0 Å². The minimum atomic E-state index is 0.289. The molecule has 0 amide bonds. The Balaban J connectivity index is 1.99. The van der Waals surface area contributed by atoms with Gasteiger partial charge in [-0.15, -0.1) is 0 Å². The summed E-state index contributed by atoms with van der Waals surface area (Å²) in [5.41, 5.74) is 1.24. The molecule has 4 heteroatoms. The van der Waals surface area contributed by atoms with Crippen LogP contribution in [0.25, 0.3) is 0 Å². The molecule has 96 valence electrons. The molecule has 0 bridgehead atoms. The van der Waals surface area contributed by atoms with Gasteiger partial charge in [-0.25, -0.2) is 0 Å². The molecule has 2 rings (SSSR count). The van der Waals surface area contributed by atoms with E-state index in [0.29, 0.717) is 12.3 Å². The largest absolute Gasteiger partial charge is 0.311 e. The van der Waals surface area contributed by atoms with Crippen molar-refractivity contribution in [1.29, 1.82) is 5.26 Å². The Bertz CT molecular complexity index is 398. The lowest BCUT2D eigenvalue weighted by molar-refractivity contribution is 0.240. The molecule has 1 saturated heterocycles. The molecule has 1 aliphatic heterocycles. The quantitative estimate of drug-likeness (QED) is 0.873. The molecule has 0 aliphatic carbocycles. The molecular weight excluding hydrogens is 224 g/mol. The van der Waals surface area contributed by atoms with Gasteiger partial charge in [-0.3, -0.25) is 9.88 Å². The monoisotopic (exact) mass is 244 g/mol. The highest BCUT2D eigenvalue weighted by Gasteiger charge is 2.21. The zero-order valence-corrected chi connectivity index (χ0v) is 10.8. The Kier molecular flexibility index (Phi) is 4.68. The number of pyridine rings is 1. The fraction of sp³-hybridized carbons (Fsp3) is 0.571. The molecule has 0 spiro atoms. The molecule has 1 fully saturated rings. The average Bonchev–Trinajstić information content (AvgIpc) is 2.53. The maximum atomic E-state index is 8.83. The molecule has 0 radical (unpaired) electrons. The van der Waals surface area contributed by atoms with Crippen LogP contribution >= 0.6 is 0 Å². The van der Waals surface area contributed by atoms with Crippen LogP contribution in [-0.2, 0) is 6.54 Å². The second-order valence-electron chi connectivity index (χ2n) is 5.13. The van der Waals surface area contributed by atoms with E-state index >= 15 is 0 Å². The van der Waals surface area contributed by atoms with Crippen LogP contribution in [0.5, 0.6) is 0 Å². The number of nitriles is 1. The van der Waals surface area contributed by atoms with Crippen molar-refractivity contribution >= 4 is 0 Å². The van der Waals surface area contributed by atoms with Crippen LogP contribution < -0.4 is 5.32 Å². The summed E-state index contributed by atoms with van der Waals surface area (Å²) in [6.07, 6.45) is 4.30. The van der Waals surface area contributed by atoms with E-state index in [4.69, 9.17) is 5.26 Å². The van der Waals surface area contributed by atoms with Crippen LogP contribution in [0, 0.1) is 17.2 Å². The maximum absolute atomic E-state index is 8.83. The fourth-order valence-corrected chi connectivity index (χ4v) is 2.45. The third-order valence-corrected chi connectivity index (χ3v) is 3.27. The van der Waals surface area contributed by atoms with Gasteiger partial charge in [0.25, 0.3) is 0 Å². The number of aromatic nitrogens is 1. The van der Waals surface area contributed by atoms with Crippen LogP contribution in [0.15, 0.2) is 24.5 Å². The fourth-order valence-electron chi connectivity index (χ4n) is 2.45. The molecule has 1 aromatic rings. The number of hydrogen-bond donors (Lipinski definition) is 1. The van der Waals surface area contributed by atoms with Gasteiger partial charge in [-0.2, -0.15) is 5.26 Å². The first-order valence-electron chi connectivity index (χ1n) is 6.49. The van der Waals surface area contributed by atoms with E-state index in [2.05, 4.69) is 34.3 Å². The van der Waals surface area contributed by atoms with Crippen molar-refractivity contribution in [2.24, 2.45) is 5.92 Å². The van der Waals surface area contributed by atoms with Crippen LogP contribution in [-0.4, -0.2) is 35.6 Å². The van der Waals surface area contributed by atoms with Gasteiger partial charge in [0.2, 0.25) is 0 Å². The lowest BCUT2D eigenvalue weighted by Crippen LogP contribution is -2.37. The van der Waals surface area contributed by atoms with E-state index in [9.17, 15) is 0 Å². The summed E-state index contributed by atoms with van der Waals surface area (Å²) in [5, 5.41) is 12.3. The Morgan fingerprint density at radius 1 is 1.56 bits per heavy atom. The lowest BCUT2D eigenvalue weighted by atomic mass is 10.1. The molecule has 18 heavy (non-hydrogen) atoms. The van der Waals surface area contributed by atoms with Crippen molar-refractivity contribution in [3.05, 3.63) is 30.1 Å². The Morgan fingerprint density at radius 3 is 3.17 bits per heavy atom. The highest BCUT2D eigenvalue weighted by Crippen LogP contribution is 2.11. The van der Waals surface area contributed by atoms with Crippen molar-refractivity contribution in [1.82, 2.24) is 15.2 Å². The van der Waals surface area contributed by atoms with Gasteiger partial charge in [0.1, 0.15) is 0 Å². The molecule has 0 aromatic carbocycles. The molecular formula is C14H20N4. The Labute approximate surface area is 109 Å². The van der Waals surface area contributed by atoms with Gasteiger partial charge in [0.15, 0.2) is 0 Å². The minimum Gasteiger partial charge on any atom is -0.311 e. The van der Waals surface area contributed by atoms with Gasteiger partial charge in [-0.05, 0) is 24.1 Å². The standard InChI is InChI=1S/C14H20N4/c1-12-7-17-14(4-5-15)11-18(9-12)10-13-3-2-6-16-8-13/h2-3,6,8,12,14,17H,4,7,9-11H2,1H3. The van der Waals surface area contributed by atoms with E-state index in [1.165, 1.54) is 5.56 Å². The van der Waals surface area contributed by atoms with Crippen LogP contribution in [0.4, 0.5) is 0 Å². The van der Waals surface area contributed by atoms with Crippen LogP contribution in [0.1, 0.15) is 18.9 Å². The summed E-state index contributed by atoms with van der Waals surface area (Å²) < 4.78 is 0. The van der Waals surface area contributed by atoms with Crippen molar-refractivity contribution in [2.75, 3.05) is 19.6 Å². The highest BCUT2D eigenvalue weighted by molar-refractivity contribution is 5.08. The van der Waals surface area contributed by atoms with E-state index in [-0.39, 0.29) is 6.04 Å². The number of hydrogen-bond acceptors (Lipinski definition) is 4.